The lowest BCUT2D eigenvalue weighted by molar-refractivity contribution is -0.268. The van der Waals surface area contributed by atoms with Gasteiger partial charge in [-0.15, -0.1) is 0 Å². The third kappa shape index (κ3) is 13.6. The molecule has 0 aromatic heterocycles. The van der Waals surface area contributed by atoms with E-state index in [0.29, 0.717) is 50.9 Å². The molecule has 2 aromatic rings. The monoisotopic (exact) mass is 682 g/mol. The van der Waals surface area contributed by atoms with Crippen LogP contribution in [0.2, 0.25) is 5.02 Å². The number of alkyl halides is 2. The highest BCUT2D eigenvalue weighted by atomic mass is 35.5. The van der Waals surface area contributed by atoms with E-state index in [1.807, 2.05) is 36.4 Å². The molecule has 47 heavy (non-hydrogen) atoms. The van der Waals surface area contributed by atoms with Gasteiger partial charge < -0.3 is 28.4 Å². The molecule has 1 aliphatic rings. The molecule has 266 valence electrons. The number of benzene rings is 2. The third-order valence-electron chi connectivity index (χ3n) is 8.43. The first-order chi connectivity index (χ1) is 22.9. The molecule has 0 bridgehead atoms. The summed E-state index contributed by atoms with van der Waals surface area (Å²) in [7, 11) is 0. The molecule has 0 N–H and O–H groups in total. The molecule has 0 saturated carbocycles. The molecule has 3 rings (SSSR count). The highest BCUT2D eigenvalue weighted by Gasteiger charge is 2.48. The number of halogens is 3. The first-order valence-electron chi connectivity index (χ1n) is 17.8. The van der Waals surface area contributed by atoms with Gasteiger partial charge in [0, 0.05) is 31.5 Å². The van der Waals surface area contributed by atoms with E-state index in [9.17, 15) is 8.78 Å². The van der Waals surface area contributed by atoms with Crippen LogP contribution in [0.3, 0.4) is 0 Å². The molecule has 0 aliphatic carbocycles. The molecule has 1 saturated heterocycles. The molecule has 1 fully saturated rings. The van der Waals surface area contributed by atoms with Gasteiger partial charge in [0.25, 0.3) is 0 Å². The molecule has 6 nitrogen and oxygen atoms in total. The highest BCUT2D eigenvalue weighted by molar-refractivity contribution is 6.31. The van der Waals surface area contributed by atoms with Gasteiger partial charge in [0.15, 0.2) is 0 Å². The SMILES string of the molecule is CCCCOC[C@H]1O[C@@H](c2ccc(Cl)c(Cc3ccc(CCOC(F)F)cc3)c2)[C@H](OCCCC)[C@@H](OCCCC)[C@@H]1OCCCC. The average molecular weight is 683 g/mol. The van der Waals surface area contributed by atoms with Crippen LogP contribution < -0.4 is 0 Å². The maximum absolute atomic E-state index is 12.4. The van der Waals surface area contributed by atoms with Crippen molar-refractivity contribution < 1.29 is 37.2 Å². The van der Waals surface area contributed by atoms with Crippen molar-refractivity contribution in [3.63, 3.8) is 0 Å². The van der Waals surface area contributed by atoms with Crippen LogP contribution in [0.1, 0.15) is 107 Å². The van der Waals surface area contributed by atoms with Gasteiger partial charge in [0.05, 0.1) is 13.2 Å². The van der Waals surface area contributed by atoms with Gasteiger partial charge in [-0.3, -0.25) is 0 Å². The third-order valence-corrected chi connectivity index (χ3v) is 8.80. The lowest BCUT2D eigenvalue weighted by atomic mass is 9.89. The molecule has 0 radical (unpaired) electrons. The molecule has 9 heteroatoms. The van der Waals surface area contributed by atoms with Crippen LogP contribution in [0.25, 0.3) is 0 Å². The maximum atomic E-state index is 12.4. The van der Waals surface area contributed by atoms with Crippen LogP contribution in [0, 0.1) is 0 Å². The van der Waals surface area contributed by atoms with E-state index in [-0.39, 0.29) is 31.0 Å². The summed E-state index contributed by atoms with van der Waals surface area (Å²) in [4.78, 5) is 0. The summed E-state index contributed by atoms with van der Waals surface area (Å²) >= 11 is 6.76. The smallest absolute Gasteiger partial charge is 0.345 e. The van der Waals surface area contributed by atoms with Crippen molar-refractivity contribution in [1.82, 2.24) is 0 Å². The van der Waals surface area contributed by atoms with Crippen molar-refractivity contribution in [2.75, 3.05) is 39.6 Å². The number of rotatable bonds is 24. The van der Waals surface area contributed by atoms with Gasteiger partial charge in [0.2, 0.25) is 0 Å². The second-order valence-corrected chi connectivity index (χ2v) is 12.7. The topological polar surface area (TPSA) is 55.4 Å². The van der Waals surface area contributed by atoms with Crippen LogP contribution in [-0.4, -0.2) is 70.7 Å². The first kappa shape index (κ1) is 39.8. The quantitative estimate of drug-likeness (QED) is 0.103. The first-order valence-corrected chi connectivity index (χ1v) is 18.1. The van der Waals surface area contributed by atoms with Crippen LogP contribution in [-0.2, 0) is 41.3 Å². The molecule has 0 spiro atoms. The Kier molecular flexibility index (Phi) is 19.4. The molecule has 2 aromatic carbocycles. The summed E-state index contributed by atoms with van der Waals surface area (Å²) in [5.41, 5.74) is 3.94. The summed E-state index contributed by atoms with van der Waals surface area (Å²) in [6.45, 7) is 8.78. The minimum atomic E-state index is -2.75. The van der Waals surface area contributed by atoms with E-state index in [0.717, 1.165) is 73.6 Å². The van der Waals surface area contributed by atoms with Gasteiger partial charge in [-0.2, -0.15) is 8.78 Å². The number of unbranched alkanes of at least 4 members (excludes halogenated alkanes) is 4. The predicted octanol–water partition coefficient (Wildman–Crippen LogP) is 9.53. The van der Waals surface area contributed by atoms with Gasteiger partial charge >= 0.3 is 6.61 Å². The summed E-state index contributed by atoms with van der Waals surface area (Å²) < 4.78 is 62.0. The highest BCUT2D eigenvalue weighted by Crippen LogP contribution is 2.39. The van der Waals surface area contributed by atoms with Crippen molar-refractivity contribution >= 4 is 11.6 Å². The van der Waals surface area contributed by atoms with E-state index in [2.05, 4.69) is 38.5 Å². The maximum Gasteiger partial charge on any atom is 0.345 e. The number of hydrogen-bond donors (Lipinski definition) is 0. The zero-order valence-corrected chi connectivity index (χ0v) is 29.7. The van der Waals surface area contributed by atoms with Crippen LogP contribution >= 0.6 is 11.6 Å². The van der Waals surface area contributed by atoms with E-state index >= 15 is 0 Å². The van der Waals surface area contributed by atoms with Gasteiger partial charge in [0.1, 0.15) is 30.5 Å². The average Bonchev–Trinajstić information content (AvgIpc) is 3.06. The van der Waals surface area contributed by atoms with Crippen LogP contribution in [0.15, 0.2) is 42.5 Å². The van der Waals surface area contributed by atoms with Gasteiger partial charge in [-0.25, -0.2) is 0 Å². The van der Waals surface area contributed by atoms with Crippen molar-refractivity contribution in [3.05, 3.63) is 69.7 Å². The molecule has 1 heterocycles. The van der Waals surface area contributed by atoms with Crippen molar-refractivity contribution in [3.8, 4) is 0 Å². The second-order valence-electron chi connectivity index (χ2n) is 12.3. The molecule has 5 atom stereocenters. The summed E-state index contributed by atoms with van der Waals surface area (Å²) in [6.07, 6.45) is 7.26. The molecular weight excluding hydrogens is 626 g/mol. The normalized spacial score (nSPS) is 21.5. The largest absolute Gasteiger partial charge is 0.379 e. The van der Waals surface area contributed by atoms with Crippen LogP contribution in [0.5, 0.6) is 0 Å². The van der Waals surface area contributed by atoms with E-state index in [1.165, 1.54) is 0 Å². The fraction of sp³-hybridized carbons (Fsp3) is 0.684. The Balaban J connectivity index is 1.92. The fourth-order valence-electron chi connectivity index (χ4n) is 5.64. The molecule has 0 amide bonds. The standard InChI is InChI=1S/C38H57ClF2O6/c1-5-9-20-42-27-33-35(43-21-10-6-2)37(45-23-12-8-4)36(44-22-11-7-3)34(47-33)30-17-18-32(39)31(26-30)25-29-15-13-28(14-16-29)19-24-46-38(40)41/h13-18,26,33-38H,5-12,19-25,27H2,1-4H3/t33-,34+,35-,36+,37+/m1/s1. The Morgan fingerprint density at radius 1 is 0.702 bits per heavy atom. The van der Waals surface area contributed by atoms with E-state index in [4.69, 9.17) is 35.3 Å². The Hall–Kier alpha value is -1.65. The minimum Gasteiger partial charge on any atom is -0.379 e. The Morgan fingerprint density at radius 2 is 1.28 bits per heavy atom. The van der Waals surface area contributed by atoms with Crippen molar-refractivity contribution in [2.45, 2.75) is 129 Å². The summed E-state index contributed by atoms with van der Waals surface area (Å²) in [5, 5.41) is 0.665. The zero-order valence-electron chi connectivity index (χ0n) is 28.9. The lowest BCUT2D eigenvalue weighted by Gasteiger charge is -2.46. The van der Waals surface area contributed by atoms with E-state index in [1.54, 1.807) is 0 Å². The molecular formula is C38H57ClF2O6. The molecule has 0 unspecified atom stereocenters. The van der Waals surface area contributed by atoms with Crippen molar-refractivity contribution in [2.24, 2.45) is 0 Å². The lowest BCUT2D eigenvalue weighted by Crippen LogP contribution is -2.58. The van der Waals surface area contributed by atoms with Gasteiger partial charge in [-0.05, 0) is 66.8 Å². The van der Waals surface area contributed by atoms with Crippen LogP contribution in [0.4, 0.5) is 8.78 Å². The Morgan fingerprint density at radius 3 is 1.89 bits per heavy atom. The predicted molar refractivity (Wildman–Crippen MR) is 184 cm³/mol. The number of ether oxygens (including phenoxy) is 6. The zero-order chi connectivity index (χ0) is 33.9. The summed E-state index contributed by atoms with van der Waals surface area (Å²) in [6, 6.07) is 14.0. The Labute approximate surface area is 286 Å². The fourth-order valence-corrected chi connectivity index (χ4v) is 5.83. The molecule has 1 aliphatic heterocycles. The van der Waals surface area contributed by atoms with Crippen molar-refractivity contribution in [1.29, 1.82) is 0 Å². The second kappa shape index (κ2) is 22.9. The van der Waals surface area contributed by atoms with E-state index < -0.39 is 12.7 Å². The minimum absolute atomic E-state index is 0.0218. The number of hydrogen-bond acceptors (Lipinski definition) is 6. The Bertz CT molecular complexity index is 1100. The van der Waals surface area contributed by atoms with Gasteiger partial charge in [-0.1, -0.05) is 101 Å². The summed E-state index contributed by atoms with van der Waals surface area (Å²) in [5.74, 6) is 0.